The van der Waals surface area contributed by atoms with Gasteiger partial charge in [-0.25, -0.2) is 4.79 Å². The van der Waals surface area contributed by atoms with Gasteiger partial charge in [0.1, 0.15) is 23.0 Å². The first-order chi connectivity index (χ1) is 16.9. The average molecular weight is 485 g/mol. The largest absolute Gasteiger partial charge is 0.507 e. The highest BCUT2D eigenvalue weighted by atomic mass is 16.6. The van der Waals surface area contributed by atoms with Crippen molar-refractivity contribution >= 4 is 11.8 Å². The van der Waals surface area contributed by atoms with Crippen LogP contribution >= 0.6 is 0 Å². The Morgan fingerprint density at radius 1 is 1.09 bits per heavy atom. The number of aromatic hydroxyl groups is 1. The summed E-state index contributed by atoms with van der Waals surface area (Å²) in [6.07, 6.45) is 3.81. The first kappa shape index (κ1) is 26.4. The van der Waals surface area contributed by atoms with Gasteiger partial charge in [-0.1, -0.05) is 26.3 Å². The lowest BCUT2D eigenvalue weighted by atomic mass is 9.96. The minimum Gasteiger partial charge on any atom is -0.507 e. The van der Waals surface area contributed by atoms with Crippen LogP contribution in [0.3, 0.4) is 0 Å². The number of fused-ring (bicyclic) bond motifs is 1. The summed E-state index contributed by atoms with van der Waals surface area (Å²) >= 11 is 0. The maximum absolute atomic E-state index is 12.2. The van der Waals surface area contributed by atoms with Gasteiger partial charge in [-0.05, 0) is 62.8 Å². The van der Waals surface area contributed by atoms with Gasteiger partial charge in [-0.3, -0.25) is 4.79 Å². The van der Waals surface area contributed by atoms with Crippen LogP contribution in [0.5, 0.6) is 23.0 Å². The summed E-state index contributed by atoms with van der Waals surface area (Å²) in [6, 6.07) is 7.19. The number of benzene rings is 2. The third-order valence-corrected chi connectivity index (χ3v) is 6.03. The quantitative estimate of drug-likeness (QED) is 0.251. The Balaban J connectivity index is 1.63. The van der Waals surface area contributed by atoms with Crippen LogP contribution in [0.4, 0.5) is 0 Å². The van der Waals surface area contributed by atoms with Crippen molar-refractivity contribution in [2.24, 2.45) is 0 Å². The van der Waals surface area contributed by atoms with E-state index >= 15 is 0 Å². The van der Waals surface area contributed by atoms with Crippen molar-refractivity contribution in [1.29, 1.82) is 0 Å². The number of ketones is 1. The summed E-state index contributed by atoms with van der Waals surface area (Å²) in [7, 11) is 0. The number of hydrogen-bond acceptors (Lipinski definition) is 7. The van der Waals surface area contributed by atoms with Crippen LogP contribution in [-0.2, 0) is 28.8 Å². The Kier molecular flexibility index (Phi) is 9.40. The summed E-state index contributed by atoms with van der Waals surface area (Å²) in [5.41, 5.74) is 3.26. The van der Waals surface area contributed by atoms with E-state index in [4.69, 9.17) is 18.9 Å². The van der Waals surface area contributed by atoms with Gasteiger partial charge in [-0.2, -0.15) is 0 Å². The third-order valence-electron chi connectivity index (χ3n) is 6.03. The van der Waals surface area contributed by atoms with Crippen LogP contribution in [0, 0.1) is 0 Å². The fraction of sp³-hybridized carbons (Fsp3) is 0.500. The Labute approximate surface area is 207 Å². The highest BCUT2D eigenvalue weighted by Gasteiger charge is 2.30. The molecule has 3 rings (SSSR count). The molecule has 1 aliphatic heterocycles. The Morgan fingerprint density at radius 3 is 2.49 bits per heavy atom. The number of ether oxygens (including phenoxy) is 4. The second-order valence-electron chi connectivity index (χ2n) is 8.62. The Morgan fingerprint density at radius 2 is 1.83 bits per heavy atom. The van der Waals surface area contributed by atoms with E-state index < -0.39 is 6.10 Å². The molecule has 1 N–H and O–H groups in total. The predicted molar refractivity (Wildman–Crippen MR) is 133 cm³/mol. The topological polar surface area (TPSA) is 91.3 Å². The first-order valence-corrected chi connectivity index (χ1v) is 12.5. The highest BCUT2D eigenvalue weighted by molar-refractivity contribution is 5.97. The number of rotatable bonds is 12. The fourth-order valence-electron chi connectivity index (χ4n) is 4.24. The minimum atomic E-state index is -0.583. The average Bonchev–Trinajstić information content (AvgIpc) is 2.84. The van der Waals surface area contributed by atoms with Crippen molar-refractivity contribution in [3.8, 4) is 23.0 Å². The zero-order valence-corrected chi connectivity index (χ0v) is 21.1. The summed E-state index contributed by atoms with van der Waals surface area (Å²) in [4.78, 5) is 23.9. The van der Waals surface area contributed by atoms with E-state index in [1.54, 1.807) is 13.0 Å². The third kappa shape index (κ3) is 6.47. The molecule has 7 heteroatoms. The molecule has 0 bridgehead atoms. The van der Waals surface area contributed by atoms with Gasteiger partial charge in [0, 0.05) is 18.1 Å². The molecule has 190 valence electrons. The molecule has 0 saturated heterocycles. The lowest BCUT2D eigenvalue weighted by Crippen LogP contribution is -2.33. The molecule has 7 nitrogen and oxygen atoms in total. The monoisotopic (exact) mass is 484 g/mol. The number of phenolic OH excluding ortho intramolecular Hbond substituents is 1. The maximum atomic E-state index is 12.2. The normalized spacial score (nSPS) is 14.6. The van der Waals surface area contributed by atoms with Crippen LogP contribution in [0.25, 0.3) is 0 Å². The van der Waals surface area contributed by atoms with Crippen LogP contribution in [-0.4, -0.2) is 42.8 Å². The van der Waals surface area contributed by atoms with Crippen LogP contribution in [0.15, 0.2) is 24.3 Å². The Bertz CT molecular complexity index is 1040. The van der Waals surface area contributed by atoms with Gasteiger partial charge in [0.15, 0.2) is 11.9 Å². The molecule has 0 fully saturated rings. The van der Waals surface area contributed by atoms with Gasteiger partial charge in [0.05, 0.1) is 25.4 Å². The fourth-order valence-corrected chi connectivity index (χ4v) is 4.24. The molecular formula is C28H36O7. The molecule has 0 saturated carbocycles. The predicted octanol–water partition coefficient (Wildman–Crippen LogP) is 5.21. The van der Waals surface area contributed by atoms with Gasteiger partial charge in [-0.15, -0.1) is 0 Å². The van der Waals surface area contributed by atoms with Gasteiger partial charge >= 0.3 is 5.97 Å². The summed E-state index contributed by atoms with van der Waals surface area (Å²) in [5.74, 6) is 1.51. The molecule has 0 aliphatic carbocycles. The van der Waals surface area contributed by atoms with E-state index in [2.05, 4.69) is 6.92 Å². The second kappa shape index (κ2) is 12.5. The molecule has 1 heterocycles. The molecule has 35 heavy (non-hydrogen) atoms. The van der Waals surface area contributed by atoms with Crippen LogP contribution in [0.2, 0.25) is 0 Å². The SMILES string of the molecule is CCCc1c(OCCCOc2cc(O)c(C(C)=O)cc2CC)ccc2c1OC(C(=O)OCC)CC2. The van der Waals surface area contributed by atoms with Crippen LogP contribution in [0.1, 0.15) is 74.0 Å². The Hall–Kier alpha value is -3.22. The van der Waals surface area contributed by atoms with Crippen LogP contribution < -0.4 is 14.2 Å². The zero-order chi connectivity index (χ0) is 25.4. The lowest BCUT2D eigenvalue weighted by molar-refractivity contribution is -0.152. The first-order valence-electron chi connectivity index (χ1n) is 12.5. The molecule has 1 atom stereocenters. The van der Waals surface area contributed by atoms with E-state index in [1.165, 1.54) is 13.0 Å². The van der Waals surface area contributed by atoms with E-state index in [-0.39, 0.29) is 17.5 Å². The number of aryl methyl sites for hydroxylation is 2. The summed E-state index contributed by atoms with van der Waals surface area (Å²) in [6.45, 7) is 8.48. The smallest absolute Gasteiger partial charge is 0.347 e. The number of carbonyl (C=O) groups is 2. The number of Topliss-reactive ketones (excluding diaryl/α,β-unsaturated/α-hetero) is 1. The van der Waals surface area contributed by atoms with Crippen molar-refractivity contribution in [2.75, 3.05) is 19.8 Å². The maximum Gasteiger partial charge on any atom is 0.347 e. The minimum absolute atomic E-state index is 0.0691. The molecule has 2 aromatic rings. The van der Waals surface area contributed by atoms with Gasteiger partial charge in [0.2, 0.25) is 0 Å². The van der Waals surface area contributed by atoms with E-state index in [0.717, 1.165) is 47.5 Å². The van der Waals surface area contributed by atoms with Crippen molar-refractivity contribution in [3.05, 3.63) is 46.5 Å². The van der Waals surface area contributed by atoms with E-state index in [0.29, 0.717) is 50.4 Å². The van der Waals surface area contributed by atoms with Crippen molar-refractivity contribution in [1.82, 2.24) is 0 Å². The molecule has 0 spiro atoms. The molecular weight excluding hydrogens is 448 g/mol. The van der Waals surface area contributed by atoms with Crippen molar-refractivity contribution in [2.45, 2.75) is 72.3 Å². The second-order valence-corrected chi connectivity index (χ2v) is 8.62. The number of esters is 1. The van der Waals surface area contributed by atoms with E-state index in [1.807, 2.05) is 19.1 Å². The van der Waals surface area contributed by atoms with Crippen molar-refractivity contribution < 1.29 is 33.6 Å². The molecule has 2 aromatic carbocycles. The molecule has 0 radical (unpaired) electrons. The molecule has 0 aromatic heterocycles. The van der Waals surface area contributed by atoms with E-state index in [9.17, 15) is 14.7 Å². The number of carbonyl (C=O) groups excluding carboxylic acids is 2. The van der Waals surface area contributed by atoms with Gasteiger partial charge in [0.25, 0.3) is 0 Å². The van der Waals surface area contributed by atoms with Gasteiger partial charge < -0.3 is 24.1 Å². The summed E-state index contributed by atoms with van der Waals surface area (Å²) < 4.78 is 23.2. The highest BCUT2D eigenvalue weighted by Crippen LogP contribution is 2.38. The molecule has 1 aliphatic rings. The summed E-state index contributed by atoms with van der Waals surface area (Å²) in [5, 5.41) is 10.1. The standard InChI is InChI=1S/C28H36O7/c1-5-9-21-24(12-10-20-11-13-25(35-27(20)21)28(31)32-7-3)33-14-8-15-34-26-17-23(30)22(18(4)29)16-19(26)6-2/h10,12,16-17,25,30H,5-9,11,13-15H2,1-4H3. The molecule has 1 unspecified atom stereocenters. The number of hydrogen-bond donors (Lipinski definition) is 1. The lowest BCUT2D eigenvalue weighted by Gasteiger charge is -2.27. The zero-order valence-electron chi connectivity index (χ0n) is 21.1. The number of phenols is 1. The molecule has 0 amide bonds. The van der Waals surface area contributed by atoms with Crippen molar-refractivity contribution in [3.63, 3.8) is 0 Å².